The number of unbranched alkanes of at least 4 members (excludes halogenated alkanes) is 12. The molecule has 1 heterocycles. The van der Waals surface area contributed by atoms with E-state index in [4.69, 9.17) is 18.9 Å². The molecular formula is C50H80O11. The SMILES string of the molecule is CC/C=C\C/C=C\C/C=C\C/C=C\C/C=C\CCCC(=O)OCC(COC1OC(C(=O)O)C(O)C(O)C1O)OC(=O)CCCCCCCCC/C=C\C/C=C\CCCCCC. The van der Waals surface area contributed by atoms with E-state index in [9.17, 15) is 34.8 Å². The van der Waals surface area contributed by atoms with E-state index in [1.165, 1.54) is 44.9 Å². The van der Waals surface area contributed by atoms with Gasteiger partial charge in [-0.25, -0.2) is 4.79 Å². The van der Waals surface area contributed by atoms with Crippen molar-refractivity contribution in [2.75, 3.05) is 13.2 Å². The number of aliphatic carboxylic acids is 1. The Bertz CT molecular complexity index is 1330. The molecule has 0 bridgehead atoms. The van der Waals surface area contributed by atoms with E-state index in [2.05, 4.69) is 86.8 Å². The van der Waals surface area contributed by atoms with Gasteiger partial charge in [0.15, 0.2) is 18.5 Å². The molecule has 1 fully saturated rings. The first kappa shape index (κ1) is 55.4. The maximum atomic E-state index is 12.8. The average Bonchev–Trinajstić information content (AvgIpc) is 3.24. The summed E-state index contributed by atoms with van der Waals surface area (Å²) in [6.07, 6.45) is 42.0. The zero-order chi connectivity index (χ0) is 44.6. The van der Waals surface area contributed by atoms with Crippen molar-refractivity contribution in [1.29, 1.82) is 0 Å². The van der Waals surface area contributed by atoms with Gasteiger partial charge < -0.3 is 39.4 Å². The molecule has 11 heteroatoms. The fourth-order valence-corrected chi connectivity index (χ4v) is 6.35. The number of carboxylic acid groups (broad SMARTS) is 1. The van der Waals surface area contributed by atoms with Crippen LogP contribution in [-0.4, -0.2) is 88.4 Å². The molecular weight excluding hydrogens is 777 g/mol. The third kappa shape index (κ3) is 31.0. The summed E-state index contributed by atoms with van der Waals surface area (Å²) in [6, 6.07) is 0. The van der Waals surface area contributed by atoms with Gasteiger partial charge in [0.2, 0.25) is 0 Å². The van der Waals surface area contributed by atoms with Crippen molar-refractivity contribution in [2.45, 2.75) is 198 Å². The minimum absolute atomic E-state index is 0.151. The van der Waals surface area contributed by atoms with Crippen LogP contribution >= 0.6 is 0 Å². The van der Waals surface area contributed by atoms with Crippen LogP contribution in [0.4, 0.5) is 0 Å². The van der Waals surface area contributed by atoms with E-state index in [1.54, 1.807) is 0 Å². The summed E-state index contributed by atoms with van der Waals surface area (Å²) >= 11 is 0. The second-order valence-electron chi connectivity index (χ2n) is 15.5. The molecule has 6 atom stereocenters. The van der Waals surface area contributed by atoms with Gasteiger partial charge in [-0.2, -0.15) is 0 Å². The lowest BCUT2D eigenvalue weighted by Gasteiger charge is -2.38. The van der Waals surface area contributed by atoms with Crippen LogP contribution in [0.25, 0.3) is 0 Å². The van der Waals surface area contributed by atoms with Crippen molar-refractivity contribution in [3.63, 3.8) is 0 Å². The first-order valence-corrected chi connectivity index (χ1v) is 23.1. The van der Waals surface area contributed by atoms with E-state index in [0.717, 1.165) is 70.6 Å². The zero-order valence-electron chi connectivity index (χ0n) is 37.4. The van der Waals surface area contributed by atoms with Crippen molar-refractivity contribution in [3.05, 3.63) is 85.1 Å². The number of carbonyl (C=O) groups is 3. The topological polar surface area (TPSA) is 169 Å². The molecule has 0 aromatic rings. The van der Waals surface area contributed by atoms with Crippen LogP contribution in [0.3, 0.4) is 0 Å². The van der Waals surface area contributed by atoms with Gasteiger partial charge in [0.25, 0.3) is 0 Å². The summed E-state index contributed by atoms with van der Waals surface area (Å²) in [5.74, 6) is -2.54. The molecule has 61 heavy (non-hydrogen) atoms. The third-order valence-electron chi connectivity index (χ3n) is 9.98. The highest BCUT2D eigenvalue weighted by atomic mass is 16.7. The monoisotopic (exact) mass is 857 g/mol. The summed E-state index contributed by atoms with van der Waals surface area (Å²) in [5.41, 5.74) is 0. The van der Waals surface area contributed by atoms with Crippen LogP contribution in [0.2, 0.25) is 0 Å². The van der Waals surface area contributed by atoms with Gasteiger partial charge in [-0.3, -0.25) is 9.59 Å². The minimum Gasteiger partial charge on any atom is -0.479 e. The van der Waals surface area contributed by atoms with E-state index in [0.29, 0.717) is 19.3 Å². The Labute approximate surface area is 367 Å². The number of hydrogen-bond acceptors (Lipinski definition) is 10. The lowest BCUT2D eigenvalue weighted by atomic mass is 9.99. The van der Waals surface area contributed by atoms with E-state index >= 15 is 0 Å². The van der Waals surface area contributed by atoms with Gasteiger partial charge in [0, 0.05) is 12.8 Å². The van der Waals surface area contributed by atoms with Crippen LogP contribution in [-0.2, 0) is 33.3 Å². The average molecular weight is 857 g/mol. The molecule has 1 saturated heterocycles. The van der Waals surface area contributed by atoms with Gasteiger partial charge in [-0.1, -0.05) is 150 Å². The Morgan fingerprint density at radius 2 is 0.984 bits per heavy atom. The van der Waals surface area contributed by atoms with Crippen LogP contribution < -0.4 is 0 Å². The second-order valence-corrected chi connectivity index (χ2v) is 15.5. The van der Waals surface area contributed by atoms with E-state index in [1.807, 2.05) is 12.2 Å². The number of aliphatic hydroxyl groups is 3. The van der Waals surface area contributed by atoms with Crippen molar-refractivity contribution < 1.29 is 53.8 Å². The van der Waals surface area contributed by atoms with Crippen LogP contribution in [0.1, 0.15) is 162 Å². The molecule has 346 valence electrons. The number of rotatable bonds is 37. The molecule has 0 aliphatic carbocycles. The second kappa shape index (κ2) is 39.3. The number of hydrogen-bond donors (Lipinski definition) is 4. The zero-order valence-corrected chi connectivity index (χ0v) is 37.4. The number of esters is 2. The number of carbonyl (C=O) groups excluding carboxylic acids is 2. The summed E-state index contributed by atoms with van der Waals surface area (Å²) in [6.45, 7) is 3.62. The Morgan fingerprint density at radius 3 is 1.51 bits per heavy atom. The molecule has 1 aliphatic rings. The summed E-state index contributed by atoms with van der Waals surface area (Å²) in [7, 11) is 0. The summed E-state index contributed by atoms with van der Waals surface area (Å²) in [4.78, 5) is 36.9. The molecule has 0 aromatic heterocycles. The fourth-order valence-electron chi connectivity index (χ4n) is 6.35. The van der Waals surface area contributed by atoms with Crippen molar-refractivity contribution in [3.8, 4) is 0 Å². The van der Waals surface area contributed by atoms with Gasteiger partial charge >= 0.3 is 17.9 Å². The molecule has 4 N–H and O–H groups in total. The highest BCUT2D eigenvalue weighted by Crippen LogP contribution is 2.23. The lowest BCUT2D eigenvalue weighted by molar-refractivity contribution is -0.298. The molecule has 0 radical (unpaired) electrons. The lowest BCUT2D eigenvalue weighted by Crippen LogP contribution is -2.60. The number of allylic oxidation sites excluding steroid dienone is 14. The van der Waals surface area contributed by atoms with Crippen LogP contribution in [0.15, 0.2) is 85.1 Å². The van der Waals surface area contributed by atoms with Gasteiger partial charge in [0.1, 0.15) is 24.9 Å². The third-order valence-corrected chi connectivity index (χ3v) is 9.98. The molecule has 11 nitrogen and oxygen atoms in total. The predicted octanol–water partition coefficient (Wildman–Crippen LogP) is 10.3. The van der Waals surface area contributed by atoms with Crippen molar-refractivity contribution >= 4 is 17.9 Å². The largest absolute Gasteiger partial charge is 0.479 e. The van der Waals surface area contributed by atoms with E-state index < -0.39 is 61.3 Å². The molecule has 6 unspecified atom stereocenters. The fraction of sp³-hybridized carbons (Fsp3) is 0.660. The normalized spacial score (nSPS) is 20.4. The number of carboxylic acids is 1. The maximum absolute atomic E-state index is 12.8. The number of aliphatic hydroxyl groups excluding tert-OH is 3. The Morgan fingerprint density at radius 1 is 0.525 bits per heavy atom. The number of ether oxygens (including phenoxy) is 4. The molecule has 0 aromatic carbocycles. The maximum Gasteiger partial charge on any atom is 0.335 e. The first-order chi connectivity index (χ1) is 29.7. The van der Waals surface area contributed by atoms with Gasteiger partial charge in [0.05, 0.1) is 6.61 Å². The molecule has 1 aliphatic heterocycles. The van der Waals surface area contributed by atoms with Crippen molar-refractivity contribution in [1.82, 2.24) is 0 Å². The smallest absolute Gasteiger partial charge is 0.335 e. The summed E-state index contributed by atoms with van der Waals surface area (Å²) in [5, 5.41) is 39.8. The Balaban J connectivity index is 2.41. The van der Waals surface area contributed by atoms with Crippen LogP contribution in [0, 0.1) is 0 Å². The quantitative estimate of drug-likeness (QED) is 0.0267. The minimum atomic E-state index is -1.87. The molecule has 0 spiro atoms. The molecule has 0 amide bonds. The van der Waals surface area contributed by atoms with E-state index in [-0.39, 0.29) is 19.4 Å². The highest BCUT2D eigenvalue weighted by molar-refractivity contribution is 5.73. The first-order valence-electron chi connectivity index (χ1n) is 23.1. The molecule has 1 rings (SSSR count). The standard InChI is InChI=1S/C50H80O11/c1-3-5-7-9-11-13-15-17-19-21-23-25-27-29-31-33-35-37-39-44(52)60-42(41-59-50-47(55)45(53)46(54)48(61-50)49(56)57)40-58-43(51)38-36-34-32-30-28-26-24-22-20-18-16-14-12-10-8-6-4-2/h6,8,12-15,18-21,24,26,30,32,42,45-48,50,53-55H,3-5,7,9-11,16-17,22-23,25,27-29,31,33-41H2,1-2H3,(H,56,57)/b8-6-,14-12-,15-13-,20-18-,21-19-,26-24-,32-30-. The van der Waals surface area contributed by atoms with Crippen LogP contribution in [0.5, 0.6) is 0 Å². The Hall–Kier alpha value is -3.61. The van der Waals surface area contributed by atoms with Gasteiger partial charge in [-0.05, 0) is 83.5 Å². The van der Waals surface area contributed by atoms with Gasteiger partial charge in [-0.15, -0.1) is 0 Å². The Kier molecular flexibility index (Phi) is 35.7. The van der Waals surface area contributed by atoms with Crippen molar-refractivity contribution in [2.24, 2.45) is 0 Å². The summed E-state index contributed by atoms with van der Waals surface area (Å²) < 4.78 is 21.7. The molecule has 0 saturated carbocycles. The predicted molar refractivity (Wildman–Crippen MR) is 243 cm³/mol. The highest BCUT2D eigenvalue weighted by Gasteiger charge is 2.47.